The van der Waals surface area contributed by atoms with E-state index in [0.29, 0.717) is 6.54 Å². The summed E-state index contributed by atoms with van der Waals surface area (Å²) in [6.45, 7) is 3.27. The molecule has 1 amide bonds. The second-order valence-electron chi connectivity index (χ2n) is 5.46. The molecule has 0 atom stereocenters. The molecule has 1 aliphatic rings. The van der Waals surface area contributed by atoms with Crippen LogP contribution in [0.3, 0.4) is 0 Å². The van der Waals surface area contributed by atoms with Crippen LogP contribution >= 0.6 is 0 Å². The van der Waals surface area contributed by atoms with Crippen LogP contribution in [0, 0.1) is 6.92 Å². The number of nitrogens with zero attached hydrogens (tertiary/aromatic N) is 3. The van der Waals surface area contributed by atoms with Crippen LogP contribution in [0.25, 0.3) is 10.9 Å². The number of rotatable bonds is 2. The van der Waals surface area contributed by atoms with Gasteiger partial charge in [-0.25, -0.2) is 9.78 Å². The van der Waals surface area contributed by atoms with Crippen LogP contribution in [0.15, 0.2) is 36.7 Å². The number of benzene rings is 1. The Hall–Kier alpha value is -2.56. The number of amides is 1. The number of hydrogen-bond donors (Lipinski definition) is 1. The van der Waals surface area contributed by atoms with Crippen LogP contribution in [-0.2, 0) is 13.0 Å². The third kappa shape index (κ3) is 1.85. The number of carbonyl (C=O) groups is 1. The van der Waals surface area contributed by atoms with E-state index in [4.69, 9.17) is 0 Å². The first-order valence-electron chi connectivity index (χ1n) is 7.11. The van der Waals surface area contributed by atoms with E-state index in [2.05, 4.69) is 22.1 Å². The van der Waals surface area contributed by atoms with Crippen LogP contribution in [0.4, 0.5) is 4.79 Å². The monoisotopic (exact) mass is 280 g/mol. The first kappa shape index (κ1) is 12.2. The molecule has 0 aliphatic carbocycles. The summed E-state index contributed by atoms with van der Waals surface area (Å²) in [7, 11) is 0. The fourth-order valence-electron chi connectivity index (χ4n) is 2.98. The van der Waals surface area contributed by atoms with Gasteiger partial charge in [-0.15, -0.1) is 0 Å². The van der Waals surface area contributed by atoms with Gasteiger partial charge in [-0.2, -0.15) is 0 Å². The summed E-state index contributed by atoms with van der Waals surface area (Å²) in [5.74, 6) is 0. The molecule has 2 aromatic heterocycles. The van der Waals surface area contributed by atoms with Crippen molar-refractivity contribution in [3.05, 3.63) is 53.7 Å². The van der Waals surface area contributed by atoms with E-state index in [1.807, 2.05) is 34.6 Å². The summed E-state index contributed by atoms with van der Waals surface area (Å²) in [5, 5.41) is 1.12. The lowest BCUT2D eigenvalue weighted by atomic mass is 10.2. The first-order chi connectivity index (χ1) is 10.2. The predicted molar refractivity (Wildman–Crippen MR) is 80.2 cm³/mol. The largest absolute Gasteiger partial charge is 0.348 e. The number of aryl methyl sites for hydroxylation is 1. The van der Waals surface area contributed by atoms with Gasteiger partial charge in [0, 0.05) is 29.7 Å². The molecule has 0 saturated heterocycles. The topological polar surface area (TPSA) is 53.9 Å². The lowest BCUT2D eigenvalue weighted by Gasteiger charge is -2.28. The number of hydrogen-bond acceptors (Lipinski definition) is 2. The molecule has 0 bridgehead atoms. The van der Waals surface area contributed by atoms with Crippen molar-refractivity contribution in [2.45, 2.75) is 19.9 Å². The molecule has 0 unspecified atom stereocenters. The lowest BCUT2D eigenvalue weighted by Crippen LogP contribution is -2.40. The van der Waals surface area contributed by atoms with E-state index in [-0.39, 0.29) is 6.03 Å². The number of aromatic amines is 1. The first-order valence-corrected chi connectivity index (χ1v) is 7.11. The second-order valence-corrected chi connectivity index (χ2v) is 5.46. The van der Waals surface area contributed by atoms with Crippen LogP contribution < -0.4 is 0 Å². The molecular weight excluding hydrogens is 264 g/mol. The van der Waals surface area contributed by atoms with Gasteiger partial charge in [0.1, 0.15) is 0 Å². The maximum absolute atomic E-state index is 12.8. The average Bonchev–Trinajstić information content (AvgIpc) is 3.06. The van der Waals surface area contributed by atoms with Crippen molar-refractivity contribution in [1.29, 1.82) is 0 Å². The predicted octanol–water partition coefficient (Wildman–Crippen LogP) is 2.70. The van der Waals surface area contributed by atoms with Crippen molar-refractivity contribution in [3.63, 3.8) is 0 Å². The van der Waals surface area contributed by atoms with Crippen molar-refractivity contribution < 1.29 is 4.79 Å². The molecule has 1 N–H and O–H groups in total. The molecule has 5 heteroatoms. The minimum atomic E-state index is 0.0415. The summed E-state index contributed by atoms with van der Waals surface area (Å²) in [6, 6.07) is 10.2. The number of imidazole rings is 1. The van der Waals surface area contributed by atoms with Gasteiger partial charge in [-0.3, -0.25) is 4.57 Å². The molecule has 3 aromatic rings. The van der Waals surface area contributed by atoms with Crippen molar-refractivity contribution in [3.8, 4) is 0 Å². The molecule has 0 saturated carbocycles. The zero-order valence-corrected chi connectivity index (χ0v) is 11.8. The molecule has 0 radical (unpaired) electrons. The summed E-state index contributed by atoms with van der Waals surface area (Å²) < 4.78 is 1.83. The van der Waals surface area contributed by atoms with Gasteiger partial charge in [0.05, 0.1) is 24.1 Å². The fourth-order valence-corrected chi connectivity index (χ4v) is 2.98. The summed E-state index contributed by atoms with van der Waals surface area (Å²) in [4.78, 5) is 22.0. The standard InChI is InChI=1S/C16H16N4O/c1-11-14(18-10-17-11)9-19-7-6-13-8-12-4-2-3-5-15(12)20(13)16(19)21/h2-5,8,10H,6-7,9H2,1H3,(H,17,18). The van der Waals surface area contributed by atoms with E-state index in [1.54, 1.807) is 6.33 Å². The second kappa shape index (κ2) is 4.48. The number of nitrogens with one attached hydrogen (secondary N) is 1. The van der Waals surface area contributed by atoms with Crippen LogP contribution in [0.5, 0.6) is 0 Å². The van der Waals surface area contributed by atoms with Gasteiger partial charge in [0.25, 0.3) is 0 Å². The molecule has 1 aromatic carbocycles. The van der Waals surface area contributed by atoms with Crippen molar-refractivity contribution in [2.75, 3.05) is 6.54 Å². The highest BCUT2D eigenvalue weighted by molar-refractivity contribution is 5.93. The third-order valence-corrected chi connectivity index (χ3v) is 4.16. The summed E-state index contributed by atoms with van der Waals surface area (Å²) in [6.07, 6.45) is 2.56. The molecule has 1 aliphatic heterocycles. The van der Waals surface area contributed by atoms with Crippen molar-refractivity contribution >= 4 is 16.9 Å². The smallest absolute Gasteiger partial charge is 0.329 e. The zero-order chi connectivity index (χ0) is 14.4. The van der Waals surface area contributed by atoms with Gasteiger partial charge in [0.15, 0.2) is 0 Å². The molecule has 4 rings (SSSR count). The Morgan fingerprint density at radius 3 is 3.00 bits per heavy atom. The lowest BCUT2D eigenvalue weighted by molar-refractivity contribution is 0.190. The Kier molecular flexibility index (Phi) is 2.60. The zero-order valence-electron chi connectivity index (χ0n) is 11.8. The summed E-state index contributed by atoms with van der Waals surface area (Å²) >= 11 is 0. The van der Waals surface area contributed by atoms with Gasteiger partial charge < -0.3 is 9.88 Å². The number of carbonyl (C=O) groups excluding carboxylic acids is 1. The van der Waals surface area contributed by atoms with Crippen molar-refractivity contribution in [2.24, 2.45) is 0 Å². The quantitative estimate of drug-likeness (QED) is 0.784. The van der Waals surface area contributed by atoms with Crippen molar-refractivity contribution in [1.82, 2.24) is 19.4 Å². The van der Waals surface area contributed by atoms with E-state index < -0.39 is 0 Å². The molecule has 21 heavy (non-hydrogen) atoms. The minimum absolute atomic E-state index is 0.0415. The SMILES string of the molecule is Cc1[nH]cnc1CN1CCc2cc3ccccc3n2C1=O. The number of aromatic nitrogens is 3. The molecule has 3 heterocycles. The van der Waals surface area contributed by atoms with Crippen LogP contribution in [0.1, 0.15) is 17.1 Å². The van der Waals surface area contributed by atoms with E-state index in [0.717, 1.165) is 41.0 Å². The van der Waals surface area contributed by atoms with Gasteiger partial charge in [-0.1, -0.05) is 18.2 Å². The van der Waals surface area contributed by atoms with Crippen LogP contribution in [-0.4, -0.2) is 32.0 Å². The van der Waals surface area contributed by atoms with E-state index in [9.17, 15) is 4.79 Å². The Labute approximate surface area is 122 Å². The molecule has 106 valence electrons. The Morgan fingerprint density at radius 1 is 1.33 bits per heavy atom. The third-order valence-electron chi connectivity index (χ3n) is 4.16. The highest BCUT2D eigenvalue weighted by Crippen LogP contribution is 2.25. The Balaban J connectivity index is 1.73. The van der Waals surface area contributed by atoms with Gasteiger partial charge in [0.2, 0.25) is 0 Å². The van der Waals surface area contributed by atoms with Gasteiger partial charge >= 0.3 is 6.03 Å². The maximum Gasteiger partial charge on any atom is 0.329 e. The molecular formula is C16H16N4O. The fraction of sp³-hybridized carbons (Fsp3) is 0.250. The number of fused-ring (bicyclic) bond motifs is 3. The van der Waals surface area contributed by atoms with Gasteiger partial charge in [-0.05, 0) is 19.1 Å². The Bertz CT molecular complexity index is 830. The molecule has 0 spiro atoms. The molecule has 5 nitrogen and oxygen atoms in total. The van der Waals surface area contributed by atoms with E-state index in [1.165, 1.54) is 0 Å². The minimum Gasteiger partial charge on any atom is -0.348 e. The normalized spacial score (nSPS) is 14.7. The average molecular weight is 280 g/mol. The van der Waals surface area contributed by atoms with Crippen LogP contribution in [0.2, 0.25) is 0 Å². The van der Waals surface area contributed by atoms with E-state index >= 15 is 0 Å². The number of para-hydroxylation sites is 1. The number of H-pyrrole nitrogens is 1. The highest BCUT2D eigenvalue weighted by Gasteiger charge is 2.26. The Morgan fingerprint density at radius 2 is 2.19 bits per heavy atom. The summed E-state index contributed by atoms with van der Waals surface area (Å²) in [5.41, 5.74) is 4.03. The maximum atomic E-state index is 12.8. The highest BCUT2D eigenvalue weighted by atomic mass is 16.2. The molecule has 0 fully saturated rings.